The molecule has 1 saturated heterocycles. The van der Waals surface area contributed by atoms with Crippen LogP contribution in [0.5, 0.6) is 0 Å². The van der Waals surface area contributed by atoms with Gasteiger partial charge < -0.3 is 30.7 Å². The molecule has 4 unspecified atom stereocenters. The van der Waals surface area contributed by atoms with Crippen LogP contribution in [0.25, 0.3) is 0 Å². The summed E-state index contributed by atoms with van der Waals surface area (Å²) >= 11 is 5.06. The zero-order valence-electron chi connectivity index (χ0n) is 25.4. The van der Waals surface area contributed by atoms with Gasteiger partial charge in [-0.05, 0) is 25.6 Å². The van der Waals surface area contributed by atoms with Crippen molar-refractivity contribution in [2.75, 3.05) is 13.2 Å². The Morgan fingerprint density at radius 3 is 2.35 bits per heavy atom. The highest BCUT2D eigenvalue weighted by atomic mass is 32.1. The van der Waals surface area contributed by atoms with E-state index in [1.165, 1.54) is 51.1 Å². The maximum Gasteiger partial charge on any atom is 0.472 e. The predicted octanol–water partition coefficient (Wildman–Crippen LogP) is 3.44. The molecule has 0 bridgehead atoms. The first-order valence-corrected chi connectivity index (χ1v) is 16.0. The van der Waals surface area contributed by atoms with E-state index in [1.807, 2.05) is 0 Å². The van der Waals surface area contributed by atoms with Crippen molar-refractivity contribution in [3.63, 3.8) is 0 Å². The van der Waals surface area contributed by atoms with Gasteiger partial charge in [0, 0.05) is 12.3 Å². The van der Waals surface area contributed by atoms with E-state index in [0.717, 1.165) is 43.2 Å². The van der Waals surface area contributed by atoms with E-state index in [9.17, 15) is 29.6 Å². The first-order valence-electron chi connectivity index (χ1n) is 15.1. The van der Waals surface area contributed by atoms with Crippen molar-refractivity contribution in [3.8, 4) is 0 Å². The number of hydrogen-bond donors (Lipinski definition) is 6. The molecule has 0 saturated carbocycles. The quantitative estimate of drug-likeness (QED) is 0.0720. The van der Waals surface area contributed by atoms with Gasteiger partial charge in [0.2, 0.25) is 0 Å². The average molecular weight is 612 g/mol. The Morgan fingerprint density at radius 1 is 1.20 bits per heavy atom. The van der Waals surface area contributed by atoms with Gasteiger partial charge in [-0.25, -0.2) is 4.57 Å². The van der Waals surface area contributed by atoms with Crippen LogP contribution in [0.1, 0.15) is 99.9 Å². The molecule has 0 spiro atoms. The summed E-state index contributed by atoms with van der Waals surface area (Å²) in [6, 6.07) is 0.0637. The lowest BCUT2D eigenvalue weighted by atomic mass is 9.96. The second-order valence-electron chi connectivity index (χ2n) is 10.6. The number of ether oxygens (including phenoxy) is 1. The fourth-order valence-electron chi connectivity index (χ4n) is 4.52. The smallest absolute Gasteiger partial charge is 0.391 e. The summed E-state index contributed by atoms with van der Waals surface area (Å²) in [5.74, 6) is 0. The van der Waals surface area contributed by atoms with Gasteiger partial charge in [0.05, 0.1) is 28.1 Å². The van der Waals surface area contributed by atoms with E-state index in [-0.39, 0.29) is 4.77 Å². The molecule has 2 heterocycles. The summed E-state index contributed by atoms with van der Waals surface area (Å²) in [7, 11) is -5.11. The fraction of sp³-hybridized carbons (Fsp3) is 0.846. The van der Waals surface area contributed by atoms with Gasteiger partial charge in [0.25, 0.3) is 5.56 Å². The van der Waals surface area contributed by atoms with Crippen molar-refractivity contribution < 1.29 is 41.3 Å². The minimum atomic E-state index is -5.11. The number of phosphoric acid groups is 1. The minimum Gasteiger partial charge on any atom is -0.391 e. The molecule has 1 aliphatic rings. The molecule has 14 heteroatoms. The first kappa shape index (κ1) is 31.9. The molecular weight excluding hydrogens is 561 g/mol. The molecule has 0 aromatic carbocycles. The largest absolute Gasteiger partial charge is 0.472 e. The number of aromatic amines is 1. The van der Waals surface area contributed by atoms with Crippen LogP contribution in [-0.4, -0.2) is 72.9 Å². The van der Waals surface area contributed by atoms with Gasteiger partial charge >= 0.3 is 7.82 Å². The third kappa shape index (κ3) is 11.4. The SMILES string of the molecule is [2H]C([2H])(OP(=O)(O)OCC(N)C(O)CCCCCCCCCCCCC)[C@H]1O[C@@H](n2ccc(=O)[nH]c2=S)C(C)(O)[C@H]1O. The normalized spacial score (nSPS) is 27.1. The summed E-state index contributed by atoms with van der Waals surface area (Å²) < 4.78 is 44.9. The number of nitrogens with zero attached hydrogens (tertiary/aromatic N) is 1. The number of aromatic nitrogens is 2. The second-order valence-corrected chi connectivity index (χ2v) is 12.4. The van der Waals surface area contributed by atoms with Crippen LogP contribution in [0.15, 0.2) is 17.1 Å². The molecule has 1 aromatic rings. The second kappa shape index (κ2) is 17.2. The Morgan fingerprint density at radius 2 is 1.77 bits per heavy atom. The molecular formula is C26H48N3O9PS. The summed E-state index contributed by atoms with van der Waals surface area (Å²) in [6.45, 7) is -0.373. The van der Waals surface area contributed by atoms with Gasteiger partial charge in [-0.1, -0.05) is 77.6 Å². The van der Waals surface area contributed by atoms with E-state index >= 15 is 0 Å². The lowest BCUT2D eigenvalue weighted by Crippen LogP contribution is -2.44. The van der Waals surface area contributed by atoms with Gasteiger partial charge in [0.1, 0.15) is 17.8 Å². The fourth-order valence-corrected chi connectivity index (χ4v) is 5.43. The summed E-state index contributed by atoms with van der Waals surface area (Å²) in [6.07, 6.45) is 7.91. The molecule has 7 atom stereocenters. The predicted molar refractivity (Wildman–Crippen MR) is 153 cm³/mol. The monoisotopic (exact) mass is 611 g/mol. The maximum absolute atomic E-state index is 12.6. The van der Waals surface area contributed by atoms with Crippen molar-refractivity contribution in [1.82, 2.24) is 9.55 Å². The molecule has 0 amide bonds. The van der Waals surface area contributed by atoms with Crippen molar-refractivity contribution in [2.45, 2.75) is 127 Å². The third-order valence-electron chi connectivity index (χ3n) is 7.08. The van der Waals surface area contributed by atoms with Gasteiger partial charge in [0.15, 0.2) is 11.0 Å². The number of H-pyrrole nitrogens is 1. The number of nitrogens with two attached hydrogens (primary N) is 1. The van der Waals surface area contributed by atoms with E-state index in [2.05, 4.69) is 11.9 Å². The Balaban J connectivity index is 1.79. The van der Waals surface area contributed by atoms with Crippen LogP contribution in [0, 0.1) is 4.77 Å². The van der Waals surface area contributed by atoms with Crippen molar-refractivity contribution in [1.29, 1.82) is 0 Å². The molecule has 1 aromatic heterocycles. The Kier molecular flexibility index (Phi) is 13.7. The van der Waals surface area contributed by atoms with Crippen LogP contribution in [-0.2, 0) is 18.3 Å². The highest BCUT2D eigenvalue weighted by molar-refractivity contribution is 7.71. The zero-order valence-corrected chi connectivity index (χ0v) is 25.2. The molecule has 12 nitrogen and oxygen atoms in total. The van der Waals surface area contributed by atoms with Gasteiger partial charge in [-0.3, -0.25) is 23.4 Å². The van der Waals surface area contributed by atoms with Gasteiger partial charge in [-0.2, -0.15) is 0 Å². The number of aliphatic hydroxyl groups is 3. The highest BCUT2D eigenvalue weighted by Gasteiger charge is 2.53. The van der Waals surface area contributed by atoms with Crippen LogP contribution in [0.3, 0.4) is 0 Å². The number of phosphoric ester groups is 1. The zero-order chi connectivity index (χ0) is 31.6. The Hall–Kier alpha value is -0.990. The molecule has 7 N–H and O–H groups in total. The molecule has 0 radical (unpaired) electrons. The van der Waals surface area contributed by atoms with Crippen LogP contribution < -0.4 is 11.3 Å². The maximum atomic E-state index is 12.6. The van der Waals surface area contributed by atoms with E-state index in [4.69, 9.17) is 34.5 Å². The minimum absolute atomic E-state index is 0.168. The summed E-state index contributed by atoms with van der Waals surface area (Å²) in [4.78, 5) is 24.0. The van der Waals surface area contributed by atoms with Gasteiger partial charge in [-0.15, -0.1) is 0 Å². The highest BCUT2D eigenvalue weighted by Crippen LogP contribution is 2.45. The van der Waals surface area contributed by atoms with Crippen molar-refractivity contribution in [2.24, 2.45) is 5.73 Å². The first-order chi connectivity index (χ1) is 19.6. The van der Waals surface area contributed by atoms with E-state index in [1.54, 1.807) is 0 Å². The lowest BCUT2D eigenvalue weighted by Gasteiger charge is -2.28. The number of hydrogen-bond acceptors (Lipinski definition) is 10. The molecule has 2 rings (SSSR count). The lowest BCUT2D eigenvalue weighted by molar-refractivity contribution is -0.0978. The summed E-state index contributed by atoms with van der Waals surface area (Å²) in [5, 5.41) is 31.8. The molecule has 1 aliphatic heterocycles. The number of aliphatic hydroxyl groups excluding tert-OH is 2. The molecule has 0 aliphatic carbocycles. The molecule has 1 fully saturated rings. The van der Waals surface area contributed by atoms with Crippen LogP contribution >= 0.6 is 20.0 Å². The Bertz CT molecular complexity index is 1120. The number of nitrogens with one attached hydrogen (secondary N) is 1. The standard InChI is InChI=1S/C26H48N3O9PS/c1-3-4-5-6-7-8-9-10-11-12-13-14-20(30)19(27)17-36-39(34,35)37-18-21-23(32)26(2,33)24(38-21)29-16-15-22(31)28-25(29)40/h15-16,19-21,23-24,30,32-33H,3-14,17-18,27H2,1-2H3,(H,34,35)(H,28,31,40)/t19?,20?,21-,23+,24-,26?/m1/s1/i18D2. The van der Waals surface area contributed by atoms with Crippen molar-refractivity contribution in [3.05, 3.63) is 27.4 Å². The van der Waals surface area contributed by atoms with Crippen LogP contribution in [0.2, 0.25) is 0 Å². The number of rotatable bonds is 20. The Labute approximate surface area is 244 Å². The van der Waals surface area contributed by atoms with Crippen LogP contribution in [0.4, 0.5) is 0 Å². The van der Waals surface area contributed by atoms with E-state index in [0.29, 0.717) is 6.42 Å². The topological polar surface area (TPSA) is 189 Å². The van der Waals surface area contributed by atoms with E-state index < -0.39 is 62.7 Å². The van der Waals surface area contributed by atoms with Crippen molar-refractivity contribution >= 4 is 20.0 Å². The average Bonchev–Trinajstić information content (AvgIpc) is 3.14. The third-order valence-corrected chi connectivity index (χ3v) is 8.20. The molecule has 232 valence electrons. The number of unbranched alkanes of at least 4 members (excludes halogenated alkanes) is 10. The summed E-state index contributed by atoms with van der Waals surface area (Å²) in [5.41, 5.74) is 3.25. The molecule has 40 heavy (non-hydrogen) atoms.